The molecule has 2 amide bonds. The molecule has 1 saturated heterocycles. The number of alkyl halides is 3. The molecule has 1 N–H and O–H groups in total. The highest BCUT2D eigenvalue weighted by molar-refractivity contribution is 8.26. The van der Waals surface area contributed by atoms with Gasteiger partial charge in [0.25, 0.3) is 5.91 Å². The number of rotatable bonds is 9. The summed E-state index contributed by atoms with van der Waals surface area (Å²) in [6.45, 7) is 0.377. The molecular formula is C25H23F3N2O4S2. The number of methoxy groups -OCH3 is 1. The van der Waals surface area contributed by atoms with Gasteiger partial charge in [0.1, 0.15) is 4.32 Å². The Kier molecular flexibility index (Phi) is 9.27. The van der Waals surface area contributed by atoms with E-state index < -0.39 is 23.6 Å². The van der Waals surface area contributed by atoms with Crippen molar-refractivity contribution in [1.82, 2.24) is 4.90 Å². The Labute approximate surface area is 215 Å². The maximum Gasteiger partial charge on any atom is 0.418 e. The maximum absolute atomic E-state index is 13.1. The minimum Gasteiger partial charge on any atom is -0.465 e. The summed E-state index contributed by atoms with van der Waals surface area (Å²) in [6, 6.07) is 11.5. The van der Waals surface area contributed by atoms with Gasteiger partial charge in [-0.25, -0.2) is 4.79 Å². The lowest BCUT2D eigenvalue weighted by molar-refractivity contribution is -0.137. The Balaban J connectivity index is 1.45. The minimum absolute atomic E-state index is 0.0616. The van der Waals surface area contributed by atoms with Crippen LogP contribution in [-0.2, 0) is 20.5 Å². The number of halogens is 3. The third-order valence-corrected chi connectivity index (χ3v) is 6.67. The number of carbonyl (C=O) groups is 3. The molecule has 0 aliphatic carbocycles. The topological polar surface area (TPSA) is 75.7 Å². The molecule has 190 valence electrons. The summed E-state index contributed by atoms with van der Waals surface area (Å²) in [5, 5.41) is 2.32. The summed E-state index contributed by atoms with van der Waals surface area (Å²) >= 11 is 6.51. The second-order valence-corrected chi connectivity index (χ2v) is 9.52. The van der Waals surface area contributed by atoms with E-state index in [0.717, 1.165) is 11.6 Å². The molecule has 36 heavy (non-hydrogen) atoms. The largest absolute Gasteiger partial charge is 0.465 e. The number of nitrogens with zero attached hydrogens (tertiary/aromatic N) is 1. The van der Waals surface area contributed by atoms with Crippen molar-refractivity contribution < 1.29 is 32.3 Å². The quantitative estimate of drug-likeness (QED) is 0.186. The van der Waals surface area contributed by atoms with Crippen molar-refractivity contribution >= 4 is 57.8 Å². The number of nitrogens with one attached hydrogen (secondary N) is 1. The van der Waals surface area contributed by atoms with E-state index in [1.54, 1.807) is 30.3 Å². The Hall–Kier alpha value is -3.18. The number of anilines is 1. The first-order valence-electron chi connectivity index (χ1n) is 11.0. The minimum atomic E-state index is -4.55. The zero-order valence-corrected chi connectivity index (χ0v) is 20.9. The van der Waals surface area contributed by atoms with Gasteiger partial charge in [0.15, 0.2) is 0 Å². The van der Waals surface area contributed by atoms with Crippen LogP contribution in [0.3, 0.4) is 0 Å². The Morgan fingerprint density at radius 1 is 1.08 bits per heavy atom. The number of thioether (sulfide) groups is 1. The van der Waals surface area contributed by atoms with Crippen LogP contribution in [0, 0.1) is 0 Å². The van der Waals surface area contributed by atoms with Crippen molar-refractivity contribution in [2.24, 2.45) is 0 Å². The van der Waals surface area contributed by atoms with Gasteiger partial charge in [-0.1, -0.05) is 54.7 Å². The SMILES string of the molecule is COC(=O)c1ccc(C=C2SC(=S)N(CCCCCC(=O)Nc3ccccc3C(F)(F)F)C2=O)cc1. The van der Waals surface area contributed by atoms with Crippen molar-refractivity contribution in [2.45, 2.75) is 31.9 Å². The lowest BCUT2D eigenvalue weighted by Crippen LogP contribution is -2.29. The van der Waals surface area contributed by atoms with Gasteiger partial charge < -0.3 is 10.1 Å². The van der Waals surface area contributed by atoms with Crippen molar-refractivity contribution in [2.75, 3.05) is 19.0 Å². The van der Waals surface area contributed by atoms with Gasteiger partial charge in [-0.05, 0) is 48.7 Å². The molecule has 0 atom stereocenters. The Morgan fingerprint density at radius 2 is 1.78 bits per heavy atom. The summed E-state index contributed by atoms with van der Waals surface area (Å²) in [5.41, 5.74) is -0.0128. The van der Waals surface area contributed by atoms with E-state index in [2.05, 4.69) is 10.1 Å². The standard InChI is InChI=1S/C25H23F3N2O4S2/c1-34-23(33)17-12-10-16(11-13-17)15-20-22(32)30(24(35)36-20)14-6-2-3-9-21(31)29-19-8-5-4-7-18(19)25(26,27)28/h4-5,7-8,10-13,15H,2-3,6,9,14H2,1H3,(H,29,31). The predicted molar refractivity (Wildman–Crippen MR) is 136 cm³/mol. The number of para-hydroxylation sites is 1. The molecule has 0 radical (unpaired) electrons. The summed E-state index contributed by atoms with van der Waals surface area (Å²) < 4.78 is 44.3. The number of hydrogen-bond acceptors (Lipinski definition) is 6. The third kappa shape index (κ3) is 7.17. The fourth-order valence-electron chi connectivity index (χ4n) is 3.46. The number of carbonyl (C=O) groups excluding carboxylic acids is 3. The second kappa shape index (κ2) is 12.2. The molecule has 6 nitrogen and oxygen atoms in total. The van der Waals surface area contributed by atoms with E-state index in [4.69, 9.17) is 12.2 Å². The number of hydrogen-bond donors (Lipinski definition) is 1. The van der Waals surface area contributed by atoms with Gasteiger partial charge in [-0.3, -0.25) is 14.5 Å². The van der Waals surface area contributed by atoms with Gasteiger partial charge in [0.05, 0.1) is 28.8 Å². The fourth-order valence-corrected chi connectivity index (χ4v) is 4.77. The average molecular weight is 537 g/mol. The Bertz CT molecular complexity index is 1180. The van der Waals surface area contributed by atoms with Gasteiger partial charge >= 0.3 is 12.1 Å². The lowest BCUT2D eigenvalue weighted by Gasteiger charge is -2.14. The molecule has 1 aliphatic heterocycles. The van der Waals surface area contributed by atoms with E-state index in [-0.39, 0.29) is 18.0 Å². The first kappa shape index (κ1) is 27.4. The van der Waals surface area contributed by atoms with Crippen LogP contribution in [0.15, 0.2) is 53.4 Å². The molecule has 0 spiro atoms. The number of ether oxygens (including phenoxy) is 1. The number of unbranched alkanes of at least 4 members (excludes halogenated alkanes) is 2. The fraction of sp³-hybridized carbons (Fsp3) is 0.280. The smallest absolute Gasteiger partial charge is 0.418 e. The van der Waals surface area contributed by atoms with E-state index in [1.165, 1.54) is 42.0 Å². The zero-order chi connectivity index (χ0) is 26.3. The highest BCUT2D eigenvalue weighted by Crippen LogP contribution is 2.35. The highest BCUT2D eigenvalue weighted by Gasteiger charge is 2.33. The molecule has 11 heteroatoms. The molecule has 0 aromatic heterocycles. The zero-order valence-electron chi connectivity index (χ0n) is 19.3. The van der Waals surface area contributed by atoms with Crippen molar-refractivity contribution in [3.63, 3.8) is 0 Å². The van der Waals surface area contributed by atoms with Crippen LogP contribution >= 0.6 is 24.0 Å². The first-order valence-corrected chi connectivity index (χ1v) is 12.2. The lowest BCUT2D eigenvalue weighted by atomic mass is 10.1. The first-order chi connectivity index (χ1) is 17.1. The number of esters is 1. The van der Waals surface area contributed by atoms with Crippen molar-refractivity contribution in [1.29, 1.82) is 0 Å². The molecule has 1 aliphatic rings. The van der Waals surface area contributed by atoms with E-state index in [9.17, 15) is 27.6 Å². The molecule has 2 aromatic rings. The normalized spacial score (nSPS) is 14.9. The predicted octanol–water partition coefficient (Wildman–Crippen LogP) is 5.89. The van der Waals surface area contributed by atoms with E-state index in [0.29, 0.717) is 40.6 Å². The van der Waals surface area contributed by atoms with Crippen LogP contribution < -0.4 is 5.32 Å². The third-order valence-electron chi connectivity index (χ3n) is 5.30. The van der Waals surface area contributed by atoms with Crippen LogP contribution in [0.4, 0.5) is 18.9 Å². The van der Waals surface area contributed by atoms with E-state index in [1.807, 2.05) is 0 Å². The van der Waals surface area contributed by atoms with Gasteiger partial charge in [0.2, 0.25) is 5.91 Å². The number of amides is 2. The van der Waals surface area contributed by atoms with Gasteiger partial charge in [-0.15, -0.1) is 0 Å². The van der Waals surface area contributed by atoms with Gasteiger partial charge in [-0.2, -0.15) is 13.2 Å². The average Bonchev–Trinajstić information content (AvgIpc) is 3.10. The van der Waals surface area contributed by atoms with Crippen molar-refractivity contribution in [3.8, 4) is 0 Å². The summed E-state index contributed by atoms with van der Waals surface area (Å²) in [7, 11) is 1.30. The second-order valence-electron chi connectivity index (χ2n) is 7.85. The van der Waals surface area contributed by atoms with Crippen LogP contribution in [0.1, 0.15) is 47.2 Å². The molecule has 1 fully saturated rings. The number of benzene rings is 2. The monoisotopic (exact) mass is 536 g/mol. The molecule has 2 aromatic carbocycles. The number of thiocarbonyl (C=S) groups is 1. The maximum atomic E-state index is 13.1. The molecule has 0 unspecified atom stereocenters. The summed E-state index contributed by atoms with van der Waals surface area (Å²) in [4.78, 5) is 38.4. The molecule has 0 bridgehead atoms. The van der Waals surface area contributed by atoms with Crippen molar-refractivity contribution in [3.05, 3.63) is 70.1 Å². The van der Waals surface area contributed by atoms with Crippen LogP contribution in [-0.4, -0.2) is 40.7 Å². The summed E-state index contributed by atoms with van der Waals surface area (Å²) in [5.74, 6) is -1.17. The molecular weight excluding hydrogens is 513 g/mol. The van der Waals surface area contributed by atoms with Crippen LogP contribution in [0.5, 0.6) is 0 Å². The van der Waals surface area contributed by atoms with Crippen LogP contribution in [0.2, 0.25) is 0 Å². The molecule has 3 rings (SSSR count). The van der Waals surface area contributed by atoms with Gasteiger partial charge in [0, 0.05) is 13.0 Å². The molecule has 1 heterocycles. The van der Waals surface area contributed by atoms with Crippen LogP contribution in [0.25, 0.3) is 6.08 Å². The Morgan fingerprint density at radius 3 is 2.44 bits per heavy atom. The van der Waals surface area contributed by atoms with E-state index >= 15 is 0 Å². The highest BCUT2D eigenvalue weighted by atomic mass is 32.2. The molecule has 0 saturated carbocycles. The summed E-state index contributed by atoms with van der Waals surface area (Å²) in [6.07, 6.45) is -1.16.